The number of nitrogen functional groups attached to an aromatic ring is 1. The average molecular weight is 274 g/mol. The van der Waals surface area contributed by atoms with Gasteiger partial charge in [0.1, 0.15) is 0 Å². The van der Waals surface area contributed by atoms with E-state index < -0.39 is 5.91 Å². The van der Waals surface area contributed by atoms with Crippen molar-refractivity contribution in [3.05, 3.63) is 51.3 Å². The molecule has 0 spiro atoms. The van der Waals surface area contributed by atoms with Crippen molar-refractivity contribution in [3.8, 4) is 0 Å². The lowest BCUT2D eigenvalue weighted by Gasteiger charge is -2.09. The zero-order valence-electron chi connectivity index (χ0n) is 10.8. The summed E-state index contributed by atoms with van der Waals surface area (Å²) in [6, 6.07) is 4.94. The Labute approximate surface area is 114 Å². The Morgan fingerprint density at radius 2 is 2.30 bits per heavy atom. The van der Waals surface area contributed by atoms with E-state index in [0.29, 0.717) is 5.76 Å². The van der Waals surface area contributed by atoms with E-state index in [4.69, 9.17) is 10.4 Å². The molecule has 1 amide bonds. The lowest BCUT2D eigenvalue weighted by Crippen LogP contribution is -2.30. The van der Waals surface area contributed by atoms with Crippen LogP contribution >= 0.6 is 0 Å². The molecular weight excluding hydrogens is 260 g/mol. The molecule has 3 rings (SSSR count). The van der Waals surface area contributed by atoms with Crippen LogP contribution in [0.3, 0.4) is 0 Å². The Balaban J connectivity index is 1.92. The summed E-state index contributed by atoms with van der Waals surface area (Å²) >= 11 is 0. The molecule has 0 atom stereocenters. The van der Waals surface area contributed by atoms with Crippen molar-refractivity contribution in [1.29, 1.82) is 0 Å². The standard InChI is InChI=1S/C13H14N4O3/c14-15-13(19)10-6-9(20-16-10)7-17-11-3-1-2-8(11)4-5-12(17)18/h4-6H,1-3,7,14H2,(H,15,19). The number of hydrogen-bond acceptors (Lipinski definition) is 5. The summed E-state index contributed by atoms with van der Waals surface area (Å²) in [6.45, 7) is 0.271. The number of nitrogens with one attached hydrogen (secondary N) is 1. The fourth-order valence-corrected chi connectivity index (χ4v) is 2.53. The molecule has 0 aliphatic heterocycles. The number of pyridine rings is 1. The van der Waals surface area contributed by atoms with Crippen molar-refractivity contribution in [2.45, 2.75) is 25.8 Å². The van der Waals surface area contributed by atoms with Crippen molar-refractivity contribution in [2.75, 3.05) is 0 Å². The maximum atomic E-state index is 12.0. The van der Waals surface area contributed by atoms with Crippen molar-refractivity contribution in [3.63, 3.8) is 0 Å². The number of aryl methyl sites for hydroxylation is 1. The molecule has 7 heteroatoms. The number of rotatable bonds is 3. The molecule has 0 fully saturated rings. The van der Waals surface area contributed by atoms with Gasteiger partial charge in [-0.05, 0) is 24.8 Å². The van der Waals surface area contributed by atoms with Crippen LogP contribution in [-0.4, -0.2) is 15.6 Å². The van der Waals surface area contributed by atoms with Gasteiger partial charge in [0.25, 0.3) is 11.5 Å². The molecule has 2 aromatic heterocycles. The van der Waals surface area contributed by atoms with Crippen LogP contribution in [0.15, 0.2) is 27.5 Å². The van der Waals surface area contributed by atoms with Gasteiger partial charge in [-0.15, -0.1) is 0 Å². The molecule has 0 saturated heterocycles. The molecule has 3 N–H and O–H groups in total. The lowest BCUT2D eigenvalue weighted by atomic mass is 10.2. The molecule has 0 unspecified atom stereocenters. The third-order valence-electron chi connectivity index (χ3n) is 3.49. The zero-order valence-corrected chi connectivity index (χ0v) is 10.8. The lowest BCUT2D eigenvalue weighted by molar-refractivity contribution is 0.0944. The molecule has 2 heterocycles. The Bertz CT molecular complexity index is 717. The fraction of sp³-hybridized carbons (Fsp3) is 0.308. The molecule has 0 aromatic carbocycles. The first-order chi connectivity index (χ1) is 9.69. The maximum absolute atomic E-state index is 12.0. The summed E-state index contributed by atoms with van der Waals surface area (Å²) in [5.74, 6) is 4.95. The van der Waals surface area contributed by atoms with E-state index in [1.165, 1.54) is 11.6 Å². The minimum absolute atomic E-state index is 0.0770. The Hall–Kier alpha value is -2.41. The smallest absolute Gasteiger partial charge is 0.287 e. The van der Waals surface area contributed by atoms with E-state index in [2.05, 4.69) is 5.16 Å². The third-order valence-corrected chi connectivity index (χ3v) is 3.49. The second-order valence-electron chi connectivity index (χ2n) is 4.74. The third kappa shape index (κ3) is 2.12. The minimum Gasteiger partial charge on any atom is -0.359 e. The van der Waals surface area contributed by atoms with Gasteiger partial charge in [0.2, 0.25) is 0 Å². The highest BCUT2D eigenvalue weighted by Gasteiger charge is 2.18. The highest BCUT2D eigenvalue weighted by Crippen LogP contribution is 2.20. The number of hydrogen-bond donors (Lipinski definition) is 2. The summed E-state index contributed by atoms with van der Waals surface area (Å²) in [4.78, 5) is 23.3. The molecule has 0 bridgehead atoms. The largest absolute Gasteiger partial charge is 0.359 e. The number of carbonyl (C=O) groups is 1. The van der Waals surface area contributed by atoms with Gasteiger partial charge in [-0.25, -0.2) is 5.84 Å². The molecule has 2 aromatic rings. The second kappa shape index (κ2) is 4.93. The van der Waals surface area contributed by atoms with Crippen molar-refractivity contribution >= 4 is 5.91 Å². The predicted octanol–water partition coefficient (Wildman–Crippen LogP) is -0.0232. The van der Waals surface area contributed by atoms with Crippen LogP contribution in [0.4, 0.5) is 0 Å². The van der Waals surface area contributed by atoms with Gasteiger partial charge >= 0.3 is 0 Å². The maximum Gasteiger partial charge on any atom is 0.287 e. The van der Waals surface area contributed by atoms with Crippen LogP contribution < -0.4 is 16.8 Å². The van der Waals surface area contributed by atoms with Crippen LogP contribution in [0.5, 0.6) is 0 Å². The number of fused-ring (bicyclic) bond motifs is 1. The first-order valence-electron chi connectivity index (χ1n) is 6.37. The van der Waals surface area contributed by atoms with Gasteiger partial charge in [-0.3, -0.25) is 15.0 Å². The van der Waals surface area contributed by atoms with Crippen LogP contribution in [0.25, 0.3) is 0 Å². The minimum atomic E-state index is -0.523. The van der Waals surface area contributed by atoms with E-state index in [0.717, 1.165) is 25.0 Å². The zero-order chi connectivity index (χ0) is 14.1. The highest BCUT2D eigenvalue weighted by atomic mass is 16.5. The van der Waals surface area contributed by atoms with Crippen LogP contribution in [-0.2, 0) is 19.4 Å². The molecule has 1 aliphatic rings. The van der Waals surface area contributed by atoms with Crippen molar-refractivity contribution in [1.82, 2.24) is 15.1 Å². The molecule has 20 heavy (non-hydrogen) atoms. The Kier molecular flexibility index (Phi) is 3.11. The molecule has 0 radical (unpaired) electrons. The van der Waals surface area contributed by atoms with Crippen LogP contribution in [0.2, 0.25) is 0 Å². The topological polar surface area (TPSA) is 103 Å². The molecule has 7 nitrogen and oxygen atoms in total. The number of hydrazine groups is 1. The molecule has 104 valence electrons. The predicted molar refractivity (Wildman–Crippen MR) is 70.0 cm³/mol. The first kappa shape index (κ1) is 12.6. The quantitative estimate of drug-likeness (QED) is 0.465. The van der Waals surface area contributed by atoms with Gasteiger partial charge in [-0.1, -0.05) is 11.2 Å². The molecular formula is C13H14N4O3. The SMILES string of the molecule is NNC(=O)c1cc(Cn2c3c(ccc2=O)CCC3)on1. The molecule has 1 aliphatic carbocycles. The highest BCUT2D eigenvalue weighted by molar-refractivity contribution is 5.91. The van der Waals surface area contributed by atoms with E-state index in [1.807, 2.05) is 11.5 Å². The number of aromatic nitrogens is 2. The number of amides is 1. The van der Waals surface area contributed by atoms with E-state index >= 15 is 0 Å². The summed E-state index contributed by atoms with van der Waals surface area (Å²) < 4.78 is 6.75. The summed E-state index contributed by atoms with van der Waals surface area (Å²) in [5, 5.41) is 3.62. The van der Waals surface area contributed by atoms with Crippen LogP contribution in [0.1, 0.15) is 33.9 Å². The first-order valence-corrected chi connectivity index (χ1v) is 6.37. The van der Waals surface area contributed by atoms with Crippen molar-refractivity contribution in [2.24, 2.45) is 5.84 Å². The van der Waals surface area contributed by atoms with E-state index in [9.17, 15) is 9.59 Å². The van der Waals surface area contributed by atoms with Gasteiger partial charge in [0.05, 0.1) is 6.54 Å². The van der Waals surface area contributed by atoms with Crippen molar-refractivity contribution < 1.29 is 9.32 Å². The number of nitrogens with zero attached hydrogens (tertiary/aromatic N) is 2. The normalized spacial score (nSPS) is 13.2. The number of carbonyl (C=O) groups excluding carboxylic acids is 1. The van der Waals surface area contributed by atoms with Gasteiger partial charge < -0.3 is 9.09 Å². The summed E-state index contributed by atoms with van der Waals surface area (Å²) in [6.07, 6.45) is 2.93. The molecule has 0 saturated carbocycles. The average Bonchev–Trinajstić information content (AvgIpc) is 3.10. The van der Waals surface area contributed by atoms with Gasteiger partial charge in [0, 0.05) is 17.8 Å². The summed E-state index contributed by atoms with van der Waals surface area (Å²) in [7, 11) is 0. The second-order valence-corrected chi connectivity index (χ2v) is 4.74. The Morgan fingerprint density at radius 1 is 1.45 bits per heavy atom. The Morgan fingerprint density at radius 3 is 3.10 bits per heavy atom. The number of nitrogens with two attached hydrogens (primary N) is 1. The van der Waals surface area contributed by atoms with E-state index in [1.54, 1.807) is 10.6 Å². The van der Waals surface area contributed by atoms with E-state index in [-0.39, 0.29) is 17.8 Å². The van der Waals surface area contributed by atoms with Crippen LogP contribution in [0, 0.1) is 0 Å². The monoisotopic (exact) mass is 274 g/mol. The van der Waals surface area contributed by atoms with Gasteiger partial charge in [-0.2, -0.15) is 0 Å². The summed E-state index contributed by atoms with van der Waals surface area (Å²) in [5.41, 5.74) is 4.24. The fourth-order valence-electron chi connectivity index (χ4n) is 2.53. The van der Waals surface area contributed by atoms with Gasteiger partial charge in [0.15, 0.2) is 11.5 Å².